The molecule has 0 amide bonds. The summed E-state index contributed by atoms with van der Waals surface area (Å²) in [7, 11) is 4.78. The van der Waals surface area contributed by atoms with Crippen molar-refractivity contribution in [3.63, 3.8) is 0 Å². The van der Waals surface area contributed by atoms with E-state index in [2.05, 4.69) is 0 Å². The van der Waals surface area contributed by atoms with Gasteiger partial charge in [0, 0.05) is 27.9 Å². The number of aliphatic hydroxyl groups excluding tert-OH is 1. The molecule has 0 aliphatic carbocycles. The topological polar surface area (TPSA) is 75.6 Å². The minimum Gasteiger partial charge on any atom is -0.394 e. The molecule has 0 aromatic rings. The van der Waals surface area contributed by atoms with E-state index in [1.165, 1.54) is 0 Å². The minimum atomic E-state index is -0.470. The molecule has 0 spiro atoms. The van der Waals surface area contributed by atoms with Gasteiger partial charge in [0.05, 0.1) is 13.2 Å². The van der Waals surface area contributed by atoms with Crippen LogP contribution in [0.25, 0.3) is 0 Å². The average molecular weight is 320 g/mol. The van der Waals surface area contributed by atoms with Gasteiger partial charge in [-0.15, -0.1) is 0 Å². The van der Waals surface area contributed by atoms with Crippen LogP contribution in [0.3, 0.4) is 0 Å². The third kappa shape index (κ3) is 4.17. The third-order valence-corrected chi connectivity index (χ3v) is 4.31. The molecule has 22 heavy (non-hydrogen) atoms. The van der Waals surface area contributed by atoms with Crippen LogP contribution in [0.1, 0.15) is 19.3 Å². The molecule has 2 fully saturated rings. The molecular formula is C15H28O7. The van der Waals surface area contributed by atoms with Crippen LogP contribution in [-0.4, -0.2) is 83.1 Å². The zero-order chi connectivity index (χ0) is 15.9. The van der Waals surface area contributed by atoms with E-state index in [1.807, 2.05) is 0 Å². The van der Waals surface area contributed by atoms with Crippen molar-refractivity contribution in [1.82, 2.24) is 0 Å². The van der Waals surface area contributed by atoms with Gasteiger partial charge in [-0.1, -0.05) is 0 Å². The zero-order valence-electron chi connectivity index (χ0n) is 13.6. The smallest absolute Gasteiger partial charge is 0.157 e. The molecule has 2 rings (SSSR count). The van der Waals surface area contributed by atoms with E-state index in [-0.39, 0.29) is 37.3 Å². The Bertz CT molecular complexity index is 308. The minimum absolute atomic E-state index is 0.148. The molecule has 2 saturated heterocycles. The normalized spacial score (nSPS) is 39.8. The van der Waals surface area contributed by atoms with Crippen LogP contribution >= 0.6 is 0 Å². The molecule has 7 nitrogen and oxygen atoms in total. The molecule has 2 aliphatic heterocycles. The third-order valence-electron chi connectivity index (χ3n) is 4.31. The largest absolute Gasteiger partial charge is 0.394 e. The lowest BCUT2D eigenvalue weighted by Crippen LogP contribution is -2.61. The summed E-state index contributed by atoms with van der Waals surface area (Å²) in [5.41, 5.74) is 0. The second-order valence-corrected chi connectivity index (χ2v) is 5.63. The Labute approximate surface area is 131 Å². The quantitative estimate of drug-likeness (QED) is 0.724. The predicted octanol–water partition coefficient (Wildman–Crippen LogP) is 0.334. The first-order valence-corrected chi connectivity index (χ1v) is 7.83. The van der Waals surface area contributed by atoms with E-state index in [0.717, 1.165) is 25.9 Å². The lowest BCUT2D eigenvalue weighted by atomic mass is 9.94. The van der Waals surface area contributed by atoms with Gasteiger partial charge in [-0.05, 0) is 19.3 Å². The van der Waals surface area contributed by atoms with E-state index in [4.69, 9.17) is 28.4 Å². The van der Waals surface area contributed by atoms with E-state index in [1.54, 1.807) is 21.3 Å². The highest BCUT2D eigenvalue weighted by Crippen LogP contribution is 2.28. The van der Waals surface area contributed by atoms with Crippen LogP contribution in [0.2, 0.25) is 0 Å². The predicted molar refractivity (Wildman–Crippen MR) is 77.7 cm³/mol. The fourth-order valence-corrected chi connectivity index (χ4v) is 3.16. The molecular weight excluding hydrogens is 292 g/mol. The summed E-state index contributed by atoms with van der Waals surface area (Å²) >= 11 is 0. The summed E-state index contributed by atoms with van der Waals surface area (Å²) < 4.78 is 33.8. The van der Waals surface area contributed by atoms with E-state index >= 15 is 0 Å². The van der Waals surface area contributed by atoms with Crippen molar-refractivity contribution in [2.75, 3.05) is 41.2 Å². The Morgan fingerprint density at radius 2 is 1.64 bits per heavy atom. The van der Waals surface area contributed by atoms with Crippen molar-refractivity contribution in [3.05, 3.63) is 0 Å². The van der Waals surface area contributed by atoms with Crippen molar-refractivity contribution in [3.8, 4) is 0 Å². The van der Waals surface area contributed by atoms with Gasteiger partial charge in [-0.25, -0.2) is 0 Å². The van der Waals surface area contributed by atoms with E-state index in [9.17, 15) is 5.11 Å². The van der Waals surface area contributed by atoms with Gasteiger partial charge in [0.25, 0.3) is 0 Å². The second kappa shape index (κ2) is 9.12. The monoisotopic (exact) mass is 320 g/mol. The molecule has 2 aliphatic rings. The van der Waals surface area contributed by atoms with Crippen LogP contribution in [0.4, 0.5) is 0 Å². The maximum Gasteiger partial charge on any atom is 0.157 e. The van der Waals surface area contributed by atoms with Gasteiger partial charge in [-0.2, -0.15) is 0 Å². The molecule has 0 radical (unpaired) electrons. The summed E-state index contributed by atoms with van der Waals surface area (Å²) in [6.07, 6.45) is 1.02. The summed E-state index contributed by atoms with van der Waals surface area (Å²) in [5, 5.41) is 9.53. The number of hydrogen-bond donors (Lipinski definition) is 1. The molecule has 0 saturated carbocycles. The van der Waals surface area contributed by atoms with Crippen molar-refractivity contribution in [2.45, 2.75) is 56.1 Å². The second-order valence-electron chi connectivity index (χ2n) is 5.63. The van der Waals surface area contributed by atoms with E-state index in [0.29, 0.717) is 6.61 Å². The summed E-state index contributed by atoms with van der Waals surface area (Å²) in [5.74, 6) is 0. The molecule has 2 heterocycles. The van der Waals surface area contributed by atoms with Gasteiger partial charge < -0.3 is 33.5 Å². The Hall–Kier alpha value is -0.280. The van der Waals surface area contributed by atoms with Crippen molar-refractivity contribution in [2.24, 2.45) is 0 Å². The Morgan fingerprint density at radius 3 is 2.18 bits per heavy atom. The molecule has 7 heteroatoms. The van der Waals surface area contributed by atoms with Crippen molar-refractivity contribution < 1.29 is 33.5 Å². The van der Waals surface area contributed by atoms with Crippen LogP contribution in [-0.2, 0) is 28.4 Å². The van der Waals surface area contributed by atoms with Crippen LogP contribution in [0, 0.1) is 0 Å². The lowest BCUT2D eigenvalue weighted by molar-refractivity contribution is -0.269. The zero-order valence-corrected chi connectivity index (χ0v) is 13.6. The van der Waals surface area contributed by atoms with Crippen LogP contribution in [0.5, 0.6) is 0 Å². The average Bonchev–Trinajstić information content (AvgIpc) is 2.58. The first kappa shape index (κ1) is 18.1. The van der Waals surface area contributed by atoms with Crippen LogP contribution in [0.15, 0.2) is 0 Å². The van der Waals surface area contributed by atoms with Gasteiger partial charge >= 0.3 is 0 Å². The molecule has 0 aromatic heterocycles. The van der Waals surface area contributed by atoms with Gasteiger partial charge in [0.1, 0.15) is 30.5 Å². The molecule has 0 aromatic carbocycles. The maximum atomic E-state index is 9.53. The number of rotatable bonds is 7. The number of aliphatic hydroxyl groups is 1. The SMILES string of the molecule is CO[C@@H]1[C@@H](OC)[C@H](CO)O[C@H](COC2CCCCO2)[C@H]1OC. The first-order valence-electron chi connectivity index (χ1n) is 7.83. The summed E-state index contributed by atoms with van der Waals surface area (Å²) in [4.78, 5) is 0. The molecule has 6 atom stereocenters. The molecule has 1 N–H and O–H groups in total. The van der Waals surface area contributed by atoms with Gasteiger partial charge in [0.15, 0.2) is 6.29 Å². The maximum absolute atomic E-state index is 9.53. The summed E-state index contributed by atoms with van der Waals surface area (Å²) in [6.45, 7) is 0.913. The Kier molecular flexibility index (Phi) is 7.49. The highest BCUT2D eigenvalue weighted by atomic mass is 16.7. The van der Waals surface area contributed by atoms with Crippen molar-refractivity contribution >= 4 is 0 Å². The standard InChI is InChI=1S/C15H28O7/c1-17-13-10(8-16)22-11(14(18-2)15(13)19-3)9-21-12-6-4-5-7-20-12/h10-16H,4-9H2,1-3H3/t10-,11+,12?,13-,14+,15+/m0/s1. The van der Waals surface area contributed by atoms with E-state index < -0.39 is 6.10 Å². The number of hydrogen-bond acceptors (Lipinski definition) is 7. The Morgan fingerprint density at radius 1 is 0.955 bits per heavy atom. The molecule has 1 unspecified atom stereocenters. The molecule has 130 valence electrons. The van der Waals surface area contributed by atoms with Crippen molar-refractivity contribution in [1.29, 1.82) is 0 Å². The fraction of sp³-hybridized carbons (Fsp3) is 1.00. The summed E-state index contributed by atoms with van der Waals surface area (Å²) in [6, 6.07) is 0. The first-order chi connectivity index (χ1) is 10.7. The van der Waals surface area contributed by atoms with Gasteiger partial charge in [0.2, 0.25) is 0 Å². The molecule has 0 bridgehead atoms. The number of ether oxygens (including phenoxy) is 6. The van der Waals surface area contributed by atoms with Crippen LogP contribution < -0.4 is 0 Å². The number of methoxy groups -OCH3 is 3. The van der Waals surface area contributed by atoms with Gasteiger partial charge in [-0.3, -0.25) is 0 Å². The lowest BCUT2D eigenvalue weighted by Gasteiger charge is -2.44. The highest BCUT2D eigenvalue weighted by Gasteiger charge is 2.47. The Balaban J connectivity index is 1.97. The highest BCUT2D eigenvalue weighted by molar-refractivity contribution is 4.94. The fourth-order valence-electron chi connectivity index (χ4n) is 3.16.